The van der Waals surface area contributed by atoms with Crippen LogP contribution in [0.15, 0.2) is 30.3 Å². The fourth-order valence-corrected chi connectivity index (χ4v) is 1.22. The number of aliphatic hydroxyl groups is 1. The van der Waals surface area contributed by atoms with Crippen molar-refractivity contribution in [1.82, 2.24) is 0 Å². The van der Waals surface area contributed by atoms with Crippen molar-refractivity contribution >= 4 is 5.57 Å². The molecule has 0 fully saturated rings. The standard InChI is InChI=1S/C11H14O2/c1-9(7-8-12)10-5-3-4-6-11(10)13-2/h3-7,12H,8H2,1-2H3/b9-7-. The molecule has 2 nitrogen and oxygen atoms in total. The Labute approximate surface area is 78.5 Å². The minimum Gasteiger partial charge on any atom is -0.496 e. The molecular formula is C11H14O2. The van der Waals surface area contributed by atoms with Crippen molar-refractivity contribution in [2.24, 2.45) is 0 Å². The van der Waals surface area contributed by atoms with Crippen LogP contribution in [0, 0.1) is 0 Å². The van der Waals surface area contributed by atoms with Gasteiger partial charge in [-0.05, 0) is 18.6 Å². The van der Waals surface area contributed by atoms with Crippen LogP contribution in [0.25, 0.3) is 5.57 Å². The summed E-state index contributed by atoms with van der Waals surface area (Å²) in [7, 11) is 1.64. The Bertz CT molecular complexity index is 303. The topological polar surface area (TPSA) is 29.5 Å². The van der Waals surface area contributed by atoms with Crippen LogP contribution in [0.1, 0.15) is 12.5 Å². The quantitative estimate of drug-likeness (QED) is 0.768. The number of methoxy groups -OCH3 is 1. The summed E-state index contributed by atoms with van der Waals surface area (Å²) in [5.74, 6) is 0.838. The summed E-state index contributed by atoms with van der Waals surface area (Å²) < 4.78 is 5.19. The molecule has 0 atom stereocenters. The monoisotopic (exact) mass is 178 g/mol. The minimum atomic E-state index is 0.0594. The Kier molecular flexibility index (Phi) is 3.53. The van der Waals surface area contributed by atoms with Crippen LogP contribution in [-0.2, 0) is 0 Å². The second kappa shape index (κ2) is 4.67. The highest BCUT2D eigenvalue weighted by molar-refractivity contribution is 5.68. The Morgan fingerprint density at radius 1 is 1.46 bits per heavy atom. The van der Waals surface area contributed by atoms with Gasteiger partial charge in [-0.25, -0.2) is 0 Å². The van der Waals surface area contributed by atoms with Gasteiger partial charge in [0.15, 0.2) is 0 Å². The van der Waals surface area contributed by atoms with Crippen LogP contribution in [0.4, 0.5) is 0 Å². The molecule has 70 valence electrons. The summed E-state index contributed by atoms with van der Waals surface area (Å²) in [6.45, 7) is 2.01. The predicted octanol–water partition coefficient (Wildman–Crippen LogP) is 2.09. The third kappa shape index (κ3) is 2.33. The van der Waals surface area contributed by atoms with Crippen molar-refractivity contribution in [1.29, 1.82) is 0 Å². The van der Waals surface area contributed by atoms with Crippen LogP contribution < -0.4 is 4.74 Å². The van der Waals surface area contributed by atoms with Crippen LogP contribution in [0.3, 0.4) is 0 Å². The van der Waals surface area contributed by atoms with E-state index >= 15 is 0 Å². The zero-order chi connectivity index (χ0) is 9.68. The summed E-state index contributed by atoms with van der Waals surface area (Å²) in [6, 6.07) is 7.76. The van der Waals surface area contributed by atoms with E-state index < -0.39 is 0 Å². The van der Waals surface area contributed by atoms with Gasteiger partial charge in [-0.15, -0.1) is 0 Å². The second-order valence-electron chi connectivity index (χ2n) is 2.77. The average molecular weight is 178 g/mol. The largest absolute Gasteiger partial charge is 0.496 e. The fraction of sp³-hybridized carbons (Fsp3) is 0.273. The van der Waals surface area contributed by atoms with Gasteiger partial charge in [0, 0.05) is 5.56 Å². The summed E-state index contributed by atoms with van der Waals surface area (Å²) >= 11 is 0. The molecule has 1 aromatic carbocycles. The van der Waals surface area contributed by atoms with Crippen molar-refractivity contribution in [3.63, 3.8) is 0 Å². The number of benzene rings is 1. The van der Waals surface area contributed by atoms with Crippen LogP contribution >= 0.6 is 0 Å². The number of rotatable bonds is 3. The maximum absolute atomic E-state index is 8.74. The van der Waals surface area contributed by atoms with Gasteiger partial charge in [-0.3, -0.25) is 0 Å². The lowest BCUT2D eigenvalue weighted by atomic mass is 10.1. The SMILES string of the molecule is COc1ccccc1/C(C)=C\CO. The molecule has 0 heterocycles. The van der Waals surface area contributed by atoms with Crippen molar-refractivity contribution in [3.8, 4) is 5.75 Å². The molecule has 1 N–H and O–H groups in total. The molecule has 0 spiro atoms. The number of allylic oxidation sites excluding steroid dienone is 1. The van der Waals surface area contributed by atoms with Crippen molar-refractivity contribution in [2.45, 2.75) is 6.92 Å². The van der Waals surface area contributed by atoms with Gasteiger partial charge in [0.25, 0.3) is 0 Å². The Balaban J connectivity index is 3.05. The molecule has 0 unspecified atom stereocenters. The first-order valence-corrected chi connectivity index (χ1v) is 4.20. The molecule has 0 aliphatic carbocycles. The van der Waals surface area contributed by atoms with E-state index in [1.54, 1.807) is 13.2 Å². The van der Waals surface area contributed by atoms with E-state index in [0.29, 0.717) is 0 Å². The molecule has 2 heteroatoms. The summed E-state index contributed by atoms with van der Waals surface area (Å²) in [5.41, 5.74) is 2.05. The lowest BCUT2D eigenvalue weighted by Gasteiger charge is -2.07. The van der Waals surface area contributed by atoms with Crippen LogP contribution in [0.5, 0.6) is 5.75 Å². The third-order valence-electron chi connectivity index (χ3n) is 1.93. The summed E-state index contributed by atoms with van der Waals surface area (Å²) in [5, 5.41) is 8.74. The van der Waals surface area contributed by atoms with E-state index in [0.717, 1.165) is 16.9 Å². The molecule has 0 aliphatic heterocycles. The van der Waals surface area contributed by atoms with Crippen molar-refractivity contribution in [3.05, 3.63) is 35.9 Å². The second-order valence-corrected chi connectivity index (χ2v) is 2.77. The summed E-state index contributed by atoms with van der Waals surface area (Å²) in [6.07, 6.45) is 1.76. The molecule has 0 amide bonds. The van der Waals surface area contributed by atoms with E-state index in [1.807, 2.05) is 31.2 Å². The number of aliphatic hydroxyl groups excluding tert-OH is 1. The van der Waals surface area contributed by atoms with Crippen molar-refractivity contribution < 1.29 is 9.84 Å². The van der Waals surface area contributed by atoms with Crippen LogP contribution in [-0.4, -0.2) is 18.8 Å². The van der Waals surface area contributed by atoms with Gasteiger partial charge in [-0.1, -0.05) is 24.3 Å². The van der Waals surface area contributed by atoms with Gasteiger partial charge in [-0.2, -0.15) is 0 Å². The van der Waals surface area contributed by atoms with Crippen LogP contribution in [0.2, 0.25) is 0 Å². The molecule has 0 bridgehead atoms. The number of para-hydroxylation sites is 1. The van der Waals surface area contributed by atoms with Gasteiger partial charge < -0.3 is 9.84 Å². The van der Waals surface area contributed by atoms with Gasteiger partial charge in [0.2, 0.25) is 0 Å². The molecule has 0 saturated heterocycles. The lowest BCUT2D eigenvalue weighted by Crippen LogP contribution is -1.89. The molecule has 1 rings (SSSR count). The highest BCUT2D eigenvalue weighted by atomic mass is 16.5. The van der Waals surface area contributed by atoms with Crippen molar-refractivity contribution in [2.75, 3.05) is 13.7 Å². The number of hydrogen-bond donors (Lipinski definition) is 1. The highest BCUT2D eigenvalue weighted by Crippen LogP contribution is 2.24. The molecule has 1 aromatic rings. The third-order valence-corrected chi connectivity index (χ3v) is 1.93. The fourth-order valence-electron chi connectivity index (χ4n) is 1.22. The first-order valence-electron chi connectivity index (χ1n) is 4.20. The molecule has 0 radical (unpaired) electrons. The zero-order valence-corrected chi connectivity index (χ0v) is 7.95. The van der Waals surface area contributed by atoms with Gasteiger partial charge >= 0.3 is 0 Å². The zero-order valence-electron chi connectivity index (χ0n) is 7.95. The highest BCUT2D eigenvalue weighted by Gasteiger charge is 2.01. The first-order chi connectivity index (χ1) is 6.29. The Morgan fingerprint density at radius 2 is 2.15 bits per heavy atom. The maximum atomic E-state index is 8.74. The predicted molar refractivity (Wildman–Crippen MR) is 53.7 cm³/mol. The molecule has 0 aromatic heterocycles. The number of hydrogen-bond acceptors (Lipinski definition) is 2. The smallest absolute Gasteiger partial charge is 0.126 e. The van der Waals surface area contributed by atoms with E-state index in [2.05, 4.69) is 0 Å². The lowest BCUT2D eigenvalue weighted by molar-refractivity contribution is 0.343. The average Bonchev–Trinajstić information content (AvgIpc) is 2.18. The van der Waals surface area contributed by atoms with E-state index in [9.17, 15) is 0 Å². The van der Waals surface area contributed by atoms with E-state index in [1.165, 1.54) is 0 Å². The van der Waals surface area contributed by atoms with Gasteiger partial charge in [0.05, 0.1) is 13.7 Å². The maximum Gasteiger partial charge on any atom is 0.126 e. The molecular weight excluding hydrogens is 164 g/mol. The summed E-state index contributed by atoms with van der Waals surface area (Å²) in [4.78, 5) is 0. The number of ether oxygens (including phenoxy) is 1. The molecule has 0 aliphatic rings. The van der Waals surface area contributed by atoms with Gasteiger partial charge in [0.1, 0.15) is 5.75 Å². The van der Waals surface area contributed by atoms with E-state index in [-0.39, 0.29) is 6.61 Å². The van der Waals surface area contributed by atoms with E-state index in [4.69, 9.17) is 9.84 Å². The normalized spacial score (nSPS) is 11.5. The molecule has 13 heavy (non-hydrogen) atoms. The first kappa shape index (κ1) is 9.81. The Hall–Kier alpha value is -1.28. The Morgan fingerprint density at radius 3 is 2.77 bits per heavy atom. The molecule has 0 saturated carbocycles. The minimum absolute atomic E-state index is 0.0594.